The predicted molar refractivity (Wildman–Crippen MR) is 63.9 cm³/mol. The van der Waals surface area contributed by atoms with E-state index in [0.717, 1.165) is 11.1 Å². The number of hydrogen-bond acceptors (Lipinski definition) is 3. The van der Waals surface area contributed by atoms with Gasteiger partial charge in [0.05, 0.1) is 5.69 Å². The monoisotopic (exact) mass is 228 g/mol. The third kappa shape index (κ3) is 2.15. The number of aromatic carboxylic acids is 1. The van der Waals surface area contributed by atoms with Crippen molar-refractivity contribution in [3.63, 3.8) is 0 Å². The summed E-state index contributed by atoms with van der Waals surface area (Å²) in [6.07, 6.45) is 0. The summed E-state index contributed by atoms with van der Waals surface area (Å²) < 4.78 is 0. The first-order chi connectivity index (χ1) is 8.09. The number of hydrogen-bond donors (Lipinski definition) is 1. The van der Waals surface area contributed by atoms with Gasteiger partial charge in [-0.1, -0.05) is 24.3 Å². The molecule has 1 aromatic heterocycles. The van der Waals surface area contributed by atoms with E-state index < -0.39 is 5.97 Å². The lowest BCUT2D eigenvalue weighted by Crippen LogP contribution is -2.06. The maximum Gasteiger partial charge on any atom is 0.356 e. The Morgan fingerprint density at radius 3 is 2.41 bits per heavy atom. The van der Waals surface area contributed by atoms with Crippen LogP contribution in [0.3, 0.4) is 0 Å². The van der Waals surface area contributed by atoms with Gasteiger partial charge in [0.2, 0.25) is 0 Å². The standard InChI is InChI=1S/C13H12N2O2/c1-8-5-3-4-6-10(8)11-7-9(2)12(13(16)17)15-14-11/h3-7H,1-2H3,(H,16,17). The van der Waals surface area contributed by atoms with Crippen molar-refractivity contribution in [3.05, 3.63) is 47.2 Å². The van der Waals surface area contributed by atoms with Crippen LogP contribution in [-0.4, -0.2) is 21.3 Å². The third-order valence-electron chi connectivity index (χ3n) is 2.61. The minimum absolute atomic E-state index is 0.00216. The van der Waals surface area contributed by atoms with Gasteiger partial charge in [0.25, 0.3) is 0 Å². The average Bonchev–Trinajstić information content (AvgIpc) is 2.29. The van der Waals surface area contributed by atoms with Crippen molar-refractivity contribution in [2.24, 2.45) is 0 Å². The number of rotatable bonds is 2. The lowest BCUT2D eigenvalue weighted by atomic mass is 10.0. The number of carboxylic acids is 1. The molecule has 1 N–H and O–H groups in total. The van der Waals surface area contributed by atoms with Gasteiger partial charge in [-0.2, -0.15) is 0 Å². The Morgan fingerprint density at radius 1 is 1.12 bits per heavy atom. The SMILES string of the molecule is Cc1ccccc1-c1cc(C)c(C(=O)O)nn1. The molecule has 0 unspecified atom stereocenters. The first-order valence-electron chi connectivity index (χ1n) is 5.23. The molecule has 17 heavy (non-hydrogen) atoms. The van der Waals surface area contributed by atoms with Crippen LogP contribution in [0.4, 0.5) is 0 Å². The van der Waals surface area contributed by atoms with Gasteiger partial charge in [0.1, 0.15) is 0 Å². The second-order valence-corrected chi connectivity index (χ2v) is 3.88. The van der Waals surface area contributed by atoms with Gasteiger partial charge in [-0.05, 0) is 31.0 Å². The highest BCUT2D eigenvalue weighted by Gasteiger charge is 2.12. The molecule has 0 saturated heterocycles. The van der Waals surface area contributed by atoms with Crippen LogP contribution in [0.5, 0.6) is 0 Å². The van der Waals surface area contributed by atoms with E-state index in [1.54, 1.807) is 13.0 Å². The number of aryl methyl sites for hydroxylation is 2. The van der Waals surface area contributed by atoms with E-state index in [-0.39, 0.29) is 5.69 Å². The van der Waals surface area contributed by atoms with Crippen molar-refractivity contribution in [3.8, 4) is 11.3 Å². The fourth-order valence-corrected chi connectivity index (χ4v) is 1.69. The van der Waals surface area contributed by atoms with Crippen molar-refractivity contribution in [1.29, 1.82) is 0 Å². The molecule has 2 aromatic rings. The zero-order chi connectivity index (χ0) is 12.4. The highest BCUT2D eigenvalue weighted by atomic mass is 16.4. The molecule has 1 heterocycles. The Hall–Kier alpha value is -2.23. The van der Waals surface area contributed by atoms with E-state index in [9.17, 15) is 4.79 Å². The fourth-order valence-electron chi connectivity index (χ4n) is 1.69. The first kappa shape index (κ1) is 11.3. The quantitative estimate of drug-likeness (QED) is 0.857. The van der Waals surface area contributed by atoms with Gasteiger partial charge in [-0.15, -0.1) is 10.2 Å². The molecule has 0 fully saturated rings. The number of nitrogens with zero attached hydrogens (tertiary/aromatic N) is 2. The van der Waals surface area contributed by atoms with Gasteiger partial charge in [0, 0.05) is 5.56 Å². The van der Waals surface area contributed by atoms with Crippen LogP contribution in [0.2, 0.25) is 0 Å². The van der Waals surface area contributed by atoms with Crippen molar-refractivity contribution in [1.82, 2.24) is 10.2 Å². The zero-order valence-electron chi connectivity index (χ0n) is 9.64. The van der Waals surface area contributed by atoms with E-state index in [1.807, 2.05) is 31.2 Å². The Morgan fingerprint density at radius 2 is 1.82 bits per heavy atom. The van der Waals surface area contributed by atoms with Crippen LogP contribution in [0.25, 0.3) is 11.3 Å². The van der Waals surface area contributed by atoms with E-state index in [1.165, 1.54) is 0 Å². The molecule has 4 nitrogen and oxygen atoms in total. The van der Waals surface area contributed by atoms with E-state index in [4.69, 9.17) is 5.11 Å². The molecule has 0 aliphatic carbocycles. The van der Waals surface area contributed by atoms with Crippen LogP contribution in [0.1, 0.15) is 21.6 Å². The average molecular weight is 228 g/mol. The van der Waals surface area contributed by atoms with E-state index in [0.29, 0.717) is 11.3 Å². The summed E-state index contributed by atoms with van der Waals surface area (Å²) in [5.41, 5.74) is 3.38. The molecule has 0 spiro atoms. The minimum atomic E-state index is -1.05. The van der Waals surface area contributed by atoms with Gasteiger partial charge in [-0.25, -0.2) is 4.79 Å². The van der Waals surface area contributed by atoms with Crippen molar-refractivity contribution < 1.29 is 9.90 Å². The lowest BCUT2D eigenvalue weighted by molar-refractivity contribution is 0.0688. The van der Waals surface area contributed by atoms with Gasteiger partial charge in [0.15, 0.2) is 5.69 Å². The summed E-state index contributed by atoms with van der Waals surface area (Å²) in [4.78, 5) is 10.8. The van der Waals surface area contributed by atoms with E-state index >= 15 is 0 Å². The molecule has 0 bridgehead atoms. The molecule has 0 aliphatic rings. The Bertz CT molecular complexity index is 579. The number of carbonyl (C=O) groups is 1. The molecule has 4 heteroatoms. The Kier molecular flexibility index (Phi) is 2.87. The van der Waals surface area contributed by atoms with Gasteiger partial charge >= 0.3 is 5.97 Å². The topological polar surface area (TPSA) is 63.1 Å². The fraction of sp³-hybridized carbons (Fsp3) is 0.154. The molecule has 86 valence electrons. The molecular formula is C13H12N2O2. The molecular weight excluding hydrogens is 216 g/mol. The van der Waals surface area contributed by atoms with Gasteiger partial charge in [-0.3, -0.25) is 0 Å². The second-order valence-electron chi connectivity index (χ2n) is 3.88. The maximum atomic E-state index is 10.8. The van der Waals surface area contributed by atoms with Crippen LogP contribution < -0.4 is 0 Å². The summed E-state index contributed by atoms with van der Waals surface area (Å²) >= 11 is 0. The molecule has 2 rings (SSSR count). The summed E-state index contributed by atoms with van der Waals surface area (Å²) in [5, 5.41) is 16.6. The summed E-state index contributed by atoms with van der Waals surface area (Å²) in [6.45, 7) is 3.71. The van der Waals surface area contributed by atoms with Crippen molar-refractivity contribution >= 4 is 5.97 Å². The maximum absolute atomic E-state index is 10.8. The largest absolute Gasteiger partial charge is 0.476 e. The molecule has 0 radical (unpaired) electrons. The smallest absolute Gasteiger partial charge is 0.356 e. The molecule has 0 atom stereocenters. The molecule has 1 aromatic carbocycles. The first-order valence-corrected chi connectivity index (χ1v) is 5.23. The van der Waals surface area contributed by atoms with Gasteiger partial charge < -0.3 is 5.11 Å². The van der Waals surface area contributed by atoms with Crippen LogP contribution in [-0.2, 0) is 0 Å². The molecule has 0 saturated carbocycles. The van der Waals surface area contributed by atoms with Crippen molar-refractivity contribution in [2.75, 3.05) is 0 Å². The Balaban J connectivity index is 2.52. The van der Waals surface area contributed by atoms with Crippen LogP contribution >= 0.6 is 0 Å². The highest BCUT2D eigenvalue weighted by Crippen LogP contribution is 2.21. The summed E-state index contributed by atoms with van der Waals surface area (Å²) in [6, 6.07) is 9.55. The molecule has 0 aliphatic heterocycles. The van der Waals surface area contributed by atoms with Crippen LogP contribution in [0, 0.1) is 13.8 Å². The third-order valence-corrected chi connectivity index (χ3v) is 2.61. The highest BCUT2D eigenvalue weighted by molar-refractivity contribution is 5.87. The number of benzene rings is 1. The second kappa shape index (κ2) is 4.33. The molecule has 0 amide bonds. The predicted octanol–water partition coefficient (Wildman–Crippen LogP) is 2.46. The Labute approximate surface area is 98.9 Å². The zero-order valence-corrected chi connectivity index (χ0v) is 9.64. The normalized spacial score (nSPS) is 10.2. The number of aromatic nitrogens is 2. The lowest BCUT2D eigenvalue weighted by Gasteiger charge is -2.06. The number of carboxylic acid groups (broad SMARTS) is 1. The summed E-state index contributed by atoms with van der Waals surface area (Å²) in [5.74, 6) is -1.05. The van der Waals surface area contributed by atoms with E-state index in [2.05, 4.69) is 10.2 Å². The van der Waals surface area contributed by atoms with Crippen molar-refractivity contribution in [2.45, 2.75) is 13.8 Å². The minimum Gasteiger partial charge on any atom is -0.476 e. The summed E-state index contributed by atoms with van der Waals surface area (Å²) in [7, 11) is 0. The van der Waals surface area contributed by atoms with Crippen LogP contribution in [0.15, 0.2) is 30.3 Å².